The van der Waals surface area contributed by atoms with E-state index in [1.807, 2.05) is 0 Å². The summed E-state index contributed by atoms with van der Waals surface area (Å²) in [7, 11) is 0. The third-order valence-corrected chi connectivity index (χ3v) is 5.91. The average Bonchev–Trinajstić information content (AvgIpc) is 2.61. The molecule has 3 heteroatoms. The Labute approximate surface area is 143 Å². The number of hydrogen-bond acceptors (Lipinski definition) is 1. The van der Waals surface area contributed by atoms with Gasteiger partial charge >= 0.3 is 0 Å². The molecule has 0 heterocycles. The van der Waals surface area contributed by atoms with Gasteiger partial charge in [-0.15, -0.1) is 0 Å². The minimum Gasteiger partial charge on any atom is -0.505 e. The first-order chi connectivity index (χ1) is 11.6. The number of phenolic OH excluding ortho intramolecular Hbond substituents is 1. The van der Waals surface area contributed by atoms with Crippen molar-refractivity contribution >= 4 is 5.57 Å². The fraction of sp³-hybridized carbons (Fsp3) is 0.619. The van der Waals surface area contributed by atoms with E-state index >= 15 is 0 Å². The van der Waals surface area contributed by atoms with Crippen molar-refractivity contribution in [3.05, 3.63) is 34.9 Å². The smallest absolute Gasteiger partial charge is 0.200 e. The molecule has 0 aliphatic heterocycles. The van der Waals surface area contributed by atoms with E-state index in [0.29, 0.717) is 5.56 Å². The standard InChI is InChI=1S/C21H28F2O/c1-2-11-21(12-7-4-8-13-21)16-14-17(24)19(22)20(23)18(16)15-9-5-3-6-10-15/h9,14,24H,2-8,10-13H2,1H3. The Hall–Kier alpha value is -1.38. The zero-order chi connectivity index (χ0) is 17.2. The lowest BCUT2D eigenvalue weighted by Gasteiger charge is -2.40. The molecule has 3 rings (SSSR count). The molecule has 0 bridgehead atoms. The van der Waals surface area contributed by atoms with E-state index < -0.39 is 17.4 Å². The first-order valence-electron chi connectivity index (χ1n) is 9.50. The largest absolute Gasteiger partial charge is 0.505 e. The molecule has 0 aromatic heterocycles. The normalized spacial score (nSPS) is 20.7. The molecule has 0 amide bonds. The van der Waals surface area contributed by atoms with Crippen molar-refractivity contribution in [2.24, 2.45) is 0 Å². The van der Waals surface area contributed by atoms with Crippen LogP contribution in [0.2, 0.25) is 0 Å². The van der Waals surface area contributed by atoms with Gasteiger partial charge in [0, 0.05) is 5.56 Å². The second-order valence-electron chi connectivity index (χ2n) is 7.51. The molecule has 1 aromatic rings. The summed E-state index contributed by atoms with van der Waals surface area (Å²) in [5.74, 6) is -2.48. The van der Waals surface area contributed by atoms with Crippen LogP contribution in [0, 0.1) is 11.6 Å². The molecule has 1 fully saturated rings. The van der Waals surface area contributed by atoms with Gasteiger partial charge in [0.05, 0.1) is 0 Å². The van der Waals surface area contributed by atoms with Gasteiger partial charge in [-0.25, -0.2) is 4.39 Å². The van der Waals surface area contributed by atoms with Gasteiger partial charge in [-0.1, -0.05) is 38.7 Å². The zero-order valence-electron chi connectivity index (χ0n) is 14.6. The molecule has 1 aromatic carbocycles. The van der Waals surface area contributed by atoms with Crippen molar-refractivity contribution in [2.45, 2.75) is 83.0 Å². The van der Waals surface area contributed by atoms with Crippen LogP contribution in [0.3, 0.4) is 0 Å². The van der Waals surface area contributed by atoms with Crippen molar-refractivity contribution in [3.8, 4) is 5.75 Å². The van der Waals surface area contributed by atoms with E-state index in [4.69, 9.17) is 0 Å². The minimum atomic E-state index is -1.09. The maximum atomic E-state index is 14.9. The highest BCUT2D eigenvalue weighted by atomic mass is 19.2. The monoisotopic (exact) mass is 334 g/mol. The van der Waals surface area contributed by atoms with E-state index in [1.165, 1.54) is 12.5 Å². The third-order valence-electron chi connectivity index (χ3n) is 5.91. The molecule has 2 aliphatic carbocycles. The highest BCUT2D eigenvalue weighted by Gasteiger charge is 2.38. The Morgan fingerprint density at radius 3 is 2.42 bits per heavy atom. The Morgan fingerprint density at radius 1 is 1.04 bits per heavy atom. The molecule has 0 radical (unpaired) electrons. The van der Waals surface area contributed by atoms with E-state index in [-0.39, 0.29) is 5.41 Å². The Balaban J connectivity index is 2.19. The Morgan fingerprint density at radius 2 is 1.79 bits per heavy atom. The second-order valence-corrected chi connectivity index (χ2v) is 7.51. The first kappa shape index (κ1) is 17.4. The van der Waals surface area contributed by atoms with Gasteiger partial charge in [-0.3, -0.25) is 0 Å². The average molecular weight is 334 g/mol. The summed E-state index contributed by atoms with van der Waals surface area (Å²) in [6.45, 7) is 2.15. The topological polar surface area (TPSA) is 20.2 Å². The van der Waals surface area contributed by atoms with Gasteiger partial charge in [0.15, 0.2) is 11.6 Å². The first-order valence-corrected chi connectivity index (χ1v) is 9.50. The molecule has 0 atom stereocenters. The molecule has 0 spiro atoms. The summed E-state index contributed by atoms with van der Waals surface area (Å²) in [6.07, 6.45) is 13.4. The summed E-state index contributed by atoms with van der Waals surface area (Å²) in [5.41, 5.74) is 2.13. The van der Waals surface area contributed by atoms with Crippen LogP contribution in [0.25, 0.3) is 5.57 Å². The number of aromatic hydroxyl groups is 1. The third kappa shape index (κ3) is 3.10. The molecule has 0 unspecified atom stereocenters. The van der Waals surface area contributed by atoms with Gasteiger partial charge in [0.1, 0.15) is 0 Å². The van der Waals surface area contributed by atoms with Gasteiger partial charge in [-0.05, 0) is 67.6 Å². The molecular formula is C21H28F2O. The molecular weight excluding hydrogens is 306 g/mol. The van der Waals surface area contributed by atoms with E-state index in [9.17, 15) is 13.9 Å². The second kappa shape index (κ2) is 7.25. The maximum Gasteiger partial charge on any atom is 0.200 e. The SMILES string of the molecule is CCCC1(c2cc(O)c(F)c(F)c2C2=CCCCC2)CCCCC1. The lowest BCUT2D eigenvalue weighted by molar-refractivity contribution is 0.268. The number of allylic oxidation sites excluding steroid dienone is 2. The number of halogens is 2. The van der Waals surface area contributed by atoms with Crippen LogP contribution in [0.5, 0.6) is 5.75 Å². The van der Waals surface area contributed by atoms with Crippen molar-refractivity contribution in [1.82, 2.24) is 0 Å². The van der Waals surface area contributed by atoms with Crippen LogP contribution in [-0.4, -0.2) is 5.11 Å². The molecule has 1 N–H and O–H groups in total. The molecule has 2 aliphatic rings. The predicted octanol–water partition coefficient (Wildman–Crippen LogP) is 6.63. The van der Waals surface area contributed by atoms with Crippen LogP contribution < -0.4 is 0 Å². The van der Waals surface area contributed by atoms with Crippen molar-refractivity contribution < 1.29 is 13.9 Å². The van der Waals surface area contributed by atoms with E-state index in [2.05, 4.69) is 13.0 Å². The fourth-order valence-electron chi connectivity index (χ4n) is 4.77. The quantitative estimate of drug-likeness (QED) is 0.655. The molecule has 1 nitrogen and oxygen atoms in total. The van der Waals surface area contributed by atoms with Crippen LogP contribution in [0.4, 0.5) is 8.78 Å². The molecule has 24 heavy (non-hydrogen) atoms. The van der Waals surface area contributed by atoms with Gasteiger partial charge in [0.25, 0.3) is 0 Å². The molecule has 132 valence electrons. The van der Waals surface area contributed by atoms with Crippen LogP contribution in [0.1, 0.15) is 88.7 Å². The van der Waals surface area contributed by atoms with Crippen molar-refractivity contribution in [2.75, 3.05) is 0 Å². The maximum absolute atomic E-state index is 14.9. The predicted molar refractivity (Wildman–Crippen MR) is 94.1 cm³/mol. The Bertz CT molecular complexity index is 622. The number of phenols is 1. The van der Waals surface area contributed by atoms with Crippen molar-refractivity contribution in [1.29, 1.82) is 0 Å². The highest BCUT2D eigenvalue weighted by Crippen LogP contribution is 2.48. The summed E-state index contributed by atoms with van der Waals surface area (Å²) < 4.78 is 29.0. The van der Waals surface area contributed by atoms with E-state index in [0.717, 1.165) is 75.3 Å². The summed E-state index contributed by atoms with van der Waals surface area (Å²) >= 11 is 0. The Kier molecular flexibility index (Phi) is 5.27. The number of hydrogen-bond donors (Lipinski definition) is 1. The van der Waals surface area contributed by atoms with Crippen LogP contribution >= 0.6 is 0 Å². The lowest BCUT2D eigenvalue weighted by atomic mass is 9.64. The van der Waals surface area contributed by atoms with Gasteiger partial charge < -0.3 is 5.11 Å². The van der Waals surface area contributed by atoms with Crippen molar-refractivity contribution in [3.63, 3.8) is 0 Å². The number of benzene rings is 1. The fourth-order valence-corrected chi connectivity index (χ4v) is 4.77. The van der Waals surface area contributed by atoms with Gasteiger partial charge in [0.2, 0.25) is 5.82 Å². The van der Waals surface area contributed by atoms with Crippen LogP contribution in [0.15, 0.2) is 12.1 Å². The zero-order valence-corrected chi connectivity index (χ0v) is 14.6. The highest BCUT2D eigenvalue weighted by molar-refractivity contribution is 5.71. The molecule has 1 saturated carbocycles. The summed E-state index contributed by atoms with van der Waals surface area (Å²) in [6, 6.07) is 1.53. The summed E-state index contributed by atoms with van der Waals surface area (Å²) in [4.78, 5) is 0. The van der Waals surface area contributed by atoms with Crippen LogP contribution in [-0.2, 0) is 5.41 Å². The minimum absolute atomic E-state index is 0.118. The molecule has 0 saturated heterocycles. The van der Waals surface area contributed by atoms with E-state index in [1.54, 1.807) is 0 Å². The van der Waals surface area contributed by atoms with Gasteiger partial charge in [-0.2, -0.15) is 4.39 Å². The lowest BCUT2D eigenvalue weighted by Crippen LogP contribution is -2.31. The summed E-state index contributed by atoms with van der Waals surface area (Å²) in [5, 5.41) is 9.98. The number of rotatable bonds is 4.